The zero-order chi connectivity index (χ0) is 15.2. The zero-order valence-corrected chi connectivity index (χ0v) is 14.6. The maximum Gasteiger partial charge on any atom is 0.323 e. The smallest absolute Gasteiger partial charge is 0.323 e. The fourth-order valence-electron chi connectivity index (χ4n) is 2.02. The molecule has 0 aliphatic carbocycles. The van der Waals surface area contributed by atoms with Crippen LogP contribution in [0.25, 0.3) is 0 Å². The molecule has 1 unspecified atom stereocenters. The molecule has 3 nitrogen and oxygen atoms in total. The second-order valence-corrected chi connectivity index (χ2v) is 7.43. The van der Waals surface area contributed by atoms with Gasteiger partial charge in [0.15, 0.2) is 0 Å². The molecule has 20 heavy (non-hydrogen) atoms. The van der Waals surface area contributed by atoms with E-state index in [1.165, 1.54) is 4.90 Å². The van der Waals surface area contributed by atoms with E-state index in [4.69, 9.17) is 0 Å². The van der Waals surface area contributed by atoms with Crippen LogP contribution in [-0.2, 0) is 4.79 Å². The molecule has 0 saturated carbocycles. The molecule has 1 atom stereocenters. The van der Waals surface area contributed by atoms with Crippen molar-refractivity contribution in [2.24, 2.45) is 0 Å². The minimum absolute atomic E-state index is 0.162. The van der Waals surface area contributed by atoms with Gasteiger partial charge < -0.3 is 5.11 Å². The number of nitrogens with one attached hydrogen (secondary N) is 1. The Morgan fingerprint density at radius 3 is 2.50 bits per heavy atom. The Kier molecular flexibility index (Phi) is 7.06. The molecule has 0 bridgehead atoms. The molecule has 2 N–H and O–H groups in total. The predicted octanol–water partition coefficient (Wildman–Crippen LogP) is 4.16. The lowest BCUT2D eigenvalue weighted by Crippen LogP contribution is -2.52. The Hall–Kier alpha value is -0.520. The summed E-state index contributed by atoms with van der Waals surface area (Å²) in [6, 6.07) is 8.33. The van der Waals surface area contributed by atoms with Crippen molar-refractivity contribution in [1.82, 2.24) is 5.32 Å². The summed E-state index contributed by atoms with van der Waals surface area (Å²) in [4.78, 5) is 12.6. The van der Waals surface area contributed by atoms with Crippen molar-refractivity contribution in [2.75, 3.05) is 5.75 Å². The van der Waals surface area contributed by atoms with Crippen molar-refractivity contribution in [3.05, 3.63) is 28.7 Å². The first-order valence-corrected chi connectivity index (χ1v) is 8.51. The van der Waals surface area contributed by atoms with Gasteiger partial charge in [-0.25, -0.2) is 0 Å². The van der Waals surface area contributed by atoms with Crippen molar-refractivity contribution in [3.63, 3.8) is 0 Å². The van der Waals surface area contributed by atoms with Crippen LogP contribution >= 0.6 is 27.7 Å². The first kappa shape index (κ1) is 17.5. The summed E-state index contributed by atoms with van der Waals surface area (Å²) in [5.74, 6) is 0.143. The van der Waals surface area contributed by atoms with Gasteiger partial charge >= 0.3 is 5.97 Å². The summed E-state index contributed by atoms with van der Waals surface area (Å²) in [5, 5.41) is 12.5. The van der Waals surface area contributed by atoms with Gasteiger partial charge in [0.1, 0.15) is 5.54 Å². The number of aliphatic carboxylic acids is 1. The maximum absolute atomic E-state index is 11.4. The van der Waals surface area contributed by atoms with E-state index in [0.29, 0.717) is 6.42 Å². The molecule has 112 valence electrons. The molecule has 0 fully saturated rings. The Morgan fingerprint density at radius 1 is 1.40 bits per heavy atom. The van der Waals surface area contributed by atoms with Crippen LogP contribution in [0.1, 0.15) is 33.6 Å². The number of benzene rings is 1. The van der Waals surface area contributed by atoms with Gasteiger partial charge in [-0.2, -0.15) is 0 Å². The quantitative estimate of drug-likeness (QED) is 0.540. The second-order valence-electron chi connectivity index (χ2n) is 5.34. The van der Waals surface area contributed by atoms with Crippen LogP contribution in [0.15, 0.2) is 33.6 Å². The molecule has 0 heterocycles. The number of rotatable bonds is 8. The van der Waals surface area contributed by atoms with E-state index in [1.54, 1.807) is 18.7 Å². The minimum Gasteiger partial charge on any atom is -0.480 e. The van der Waals surface area contributed by atoms with Crippen LogP contribution < -0.4 is 5.32 Å². The number of hydrogen-bond donors (Lipinski definition) is 2. The molecular weight excluding hydrogens is 338 g/mol. The number of hydrogen-bond acceptors (Lipinski definition) is 3. The Morgan fingerprint density at radius 2 is 2.00 bits per heavy atom. The molecule has 0 amide bonds. The number of carboxylic acids is 1. The van der Waals surface area contributed by atoms with Crippen LogP contribution in [-0.4, -0.2) is 28.4 Å². The van der Waals surface area contributed by atoms with Crippen LogP contribution in [0.5, 0.6) is 0 Å². The lowest BCUT2D eigenvalue weighted by molar-refractivity contribution is -0.144. The monoisotopic (exact) mass is 359 g/mol. The first-order valence-electron chi connectivity index (χ1n) is 6.73. The molecule has 1 aromatic carbocycles. The Bertz CT molecular complexity index is 436. The normalized spacial score (nSPS) is 14.2. The molecule has 0 spiro atoms. The number of carbonyl (C=O) groups is 1. The summed E-state index contributed by atoms with van der Waals surface area (Å²) in [5.41, 5.74) is -0.839. The van der Waals surface area contributed by atoms with E-state index in [2.05, 4.69) is 33.4 Å². The van der Waals surface area contributed by atoms with Gasteiger partial charge in [-0.15, -0.1) is 11.8 Å². The van der Waals surface area contributed by atoms with Gasteiger partial charge in [0.05, 0.1) is 0 Å². The highest BCUT2D eigenvalue weighted by atomic mass is 79.9. The standard InChI is InChI=1S/C15H22BrNO2S/c1-11(2)17-15(3,14(18)19)9-4-10-20-13-7-5-12(16)6-8-13/h5-8,11,17H,4,9-10H2,1-3H3,(H,18,19). The molecule has 0 aromatic heterocycles. The first-order chi connectivity index (χ1) is 9.33. The van der Waals surface area contributed by atoms with Crippen molar-refractivity contribution in [1.29, 1.82) is 0 Å². The fourth-order valence-corrected chi connectivity index (χ4v) is 3.14. The molecular formula is C15H22BrNO2S. The summed E-state index contributed by atoms with van der Waals surface area (Å²) in [6.45, 7) is 5.70. The molecule has 0 aliphatic rings. The number of thioether (sulfide) groups is 1. The van der Waals surface area contributed by atoms with Crippen LogP contribution in [0.3, 0.4) is 0 Å². The summed E-state index contributed by atoms with van der Waals surface area (Å²) in [7, 11) is 0. The van der Waals surface area contributed by atoms with Crippen molar-refractivity contribution in [3.8, 4) is 0 Å². The highest BCUT2D eigenvalue weighted by Gasteiger charge is 2.32. The minimum atomic E-state index is -0.839. The third-order valence-electron chi connectivity index (χ3n) is 2.98. The van der Waals surface area contributed by atoms with Crippen molar-refractivity contribution < 1.29 is 9.90 Å². The van der Waals surface area contributed by atoms with E-state index < -0.39 is 11.5 Å². The average Bonchev–Trinajstić information content (AvgIpc) is 2.36. The fraction of sp³-hybridized carbons (Fsp3) is 0.533. The molecule has 0 aliphatic heterocycles. The average molecular weight is 360 g/mol. The lowest BCUT2D eigenvalue weighted by Gasteiger charge is -2.28. The van der Waals surface area contributed by atoms with Crippen LogP contribution in [0.2, 0.25) is 0 Å². The van der Waals surface area contributed by atoms with E-state index in [9.17, 15) is 9.90 Å². The van der Waals surface area contributed by atoms with E-state index in [1.807, 2.05) is 26.0 Å². The van der Waals surface area contributed by atoms with E-state index in [-0.39, 0.29) is 6.04 Å². The SMILES string of the molecule is CC(C)NC(C)(CCCSc1ccc(Br)cc1)C(=O)O. The van der Waals surface area contributed by atoms with E-state index >= 15 is 0 Å². The Balaban J connectivity index is 2.41. The topological polar surface area (TPSA) is 49.3 Å². The highest BCUT2D eigenvalue weighted by Crippen LogP contribution is 2.23. The second kappa shape index (κ2) is 8.05. The van der Waals surface area contributed by atoms with E-state index in [0.717, 1.165) is 16.6 Å². The highest BCUT2D eigenvalue weighted by molar-refractivity contribution is 9.10. The van der Waals surface area contributed by atoms with Gasteiger partial charge in [-0.3, -0.25) is 10.1 Å². The lowest BCUT2D eigenvalue weighted by atomic mass is 9.95. The van der Waals surface area contributed by atoms with Gasteiger partial charge in [0.25, 0.3) is 0 Å². The third-order valence-corrected chi connectivity index (χ3v) is 4.61. The maximum atomic E-state index is 11.4. The zero-order valence-electron chi connectivity index (χ0n) is 12.1. The predicted molar refractivity (Wildman–Crippen MR) is 88.4 cm³/mol. The molecule has 5 heteroatoms. The largest absolute Gasteiger partial charge is 0.480 e. The van der Waals surface area contributed by atoms with Gasteiger partial charge in [-0.1, -0.05) is 15.9 Å². The van der Waals surface area contributed by atoms with Crippen molar-refractivity contribution >= 4 is 33.7 Å². The van der Waals surface area contributed by atoms with Crippen molar-refractivity contribution in [2.45, 2.75) is 50.1 Å². The van der Waals surface area contributed by atoms with Gasteiger partial charge in [0.2, 0.25) is 0 Å². The molecule has 0 radical (unpaired) electrons. The van der Waals surface area contributed by atoms with Gasteiger partial charge in [0, 0.05) is 15.4 Å². The Labute approximate surface area is 133 Å². The number of halogens is 1. The number of carboxylic acid groups (broad SMARTS) is 1. The summed E-state index contributed by atoms with van der Waals surface area (Å²) < 4.78 is 1.07. The summed E-state index contributed by atoms with van der Waals surface area (Å²) >= 11 is 5.17. The molecule has 1 rings (SSSR count). The third kappa shape index (κ3) is 5.85. The molecule has 0 saturated heterocycles. The van der Waals surface area contributed by atoms with Crippen LogP contribution in [0, 0.1) is 0 Å². The van der Waals surface area contributed by atoms with Crippen LogP contribution in [0.4, 0.5) is 0 Å². The van der Waals surface area contributed by atoms with Gasteiger partial charge in [-0.05, 0) is 63.6 Å². The summed E-state index contributed by atoms with van der Waals surface area (Å²) in [6.07, 6.45) is 1.49. The molecule has 1 aromatic rings.